The maximum absolute atomic E-state index is 8.83. The predicted octanol–water partition coefficient (Wildman–Crippen LogP) is 3.63. The summed E-state index contributed by atoms with van der Waals surface area (Å²) in [6, 6.07) is 7.84. The van der Waals surface area contributed by atoms with Crippen LogP contribution in [0, 0.1) is 5.41 Å². The monoisotopic (exact) mass is 474 g/mol. The fraction of sp³-hybridized carbons (Fsp3) is 0.423. The van der Waals surface area contributed by atoms with Crippen molar-refractivity contribution in [2.75, 3.05) is 58.7 Å². The Morgan fingerprint density at radius 2 is 2.06 bits per heavy atom. The lowest BCUT2D eigenvalue weighted by molar-refractivity contribution is 0.169. The van der Waals surface area contributed by atoms with E-state index in [4.69, 9.17) is 20.2 Å². The Morgan fingerprint density at radius 3 is 2.89 bits per heavy atom. The van der Waals surface area contributed by atoms with Crippen LogP contribution in [0.5, 0.6) is 0 Å². The molecule has 1 fully saturated rings. The number of ether oxygens (including phenoxy) is 1. The molecule has 5 rings (SSSR count). The number of likely N-dealkylation sites (N-methyl/N-ethyl adjacent to an activating group) is 1. The number of H-pyrrole nitrogens is 1. The number of aromatic nitrogens is 3. The number of nitrogens with zero attached hydrogens (tertiary/aromatic N) is 5. The number of aromatic amines is 1. The van der Waals surface area contributed by atoms with E-state index in [0.717, 1.165) is 60.9 Å². The van der Waals surface area contributed by atoms with Crippen molar-refractivity contribution < 1.29 is 4.74 Å². The minimum absolute atomic E-state index is 0.374. The van der Waals surface area contributed by atoms with Crippen LogP contribution in [0.25, 0.3) is 11.3 Å². The average molecular weight is 475 g/mol. The number of anilines is 1. The summed E-state index contributed by atoms with van der Waals surface area (Å²) in [7, 11) is 4.09. The third kappa shape index (κ3) is 5.16. The second-order valence-corrected chi connectivity index (χ2v) is 9.36. The van der Waals surface area contributed by atoms with Crippen molar-refractivity contribution in [1.29, 1.82) is 5.41 Å². The summed E-state index contributed by atoms with van der Waals surface area (Å²) in [5.74, 6) is 1.44. The molecule has 0 aromatic carbocycles. The van der Waals surface area contributed by atoms with Gasteiger partial charge in [-0.1, -0.05) is 12.5 Å². The third-order valence-electron chi connectivity index (χ3n) is 6.50. The van der Waals surface area contributed by atoms with Crippen molar-refractivity contribution >= 4 is 34.2 Å². The van der Waals surface area contributed by atoms with E-state index in [9.17, 15) is 0 Å². The fourth-order valence-corrected chi connectivity index (χ4v) is 4.59. The molecule has 0 saturated carbocycles. The van der Waals surface area contributed by atoms with Crippen molar-refractivity contribution in [3.63, 3.8) is 0 Å². The van der Waals surface area contributed by atoms with Crippen LogP contribution in [0.15, 0.2) is 47.7 Å². The lowest BCUT2D eigenvalue weighted by Gasteiger charge is -2.26. The Morgan fingerprint density at radius 1 is 1.20 bits per heavy atom. The maximum Gasteiger partial charge on any atom is 0.175 e. The van der Waals surface area contributed by atoms with Crippen molar-refractivity contribution in [2.45, 2.75) is 19.3 Å². The third-order valence-corrected chi connectivity index (χ3v) is 6.50. The van der Waals surface area contributed by atoms with Gasteiger partial charge in [-0.2, -0.15) is 0 Å². The van der Waals surface area contributed by atoms with E-state index in [0.29, 0.717) is 23.8 Å². The molecule has 3 aromatic heterocycles. The van der Waals surface area contributed by atoms with Gasteiger partial charge in [0, 0.05) is 43.7 Å². The number of fused-ring (bicyclic) bond motifs is 2. The van der Waals surface area contributed by atoms with Gasteiger partial charge in [0.25, 0.3) is 0 Å². The van der Waals surface area contributed by atoms with E-state index < -0.39 is 0 Å². The summed E-state index contributed by atoms with van der Waals surface area (Å²) >= 11 is 0. The second kappa shape index (κ2) is 10.5. The molecule has 1 aliphatic heterocycles. The van der Waals surface area contributed by atoms with E-state index in [1.165, 1.54) is 19.3 Å². The van der Waals surface area contributed by atoms with Gasteiger partial charge in [0.05, 0.1) is 22.6 Å². The number of rotatable bonds is 9. The Bertz CT molecular complexity index is 1250. The minimum atomic E-state index is 0.374. The molecule has 0 bridgehead atoms. The summed E-state index contributed by atoms with van der Waals surface area (Å²) in [5, 5.41) is 17.0. The molecule has 2 aliphatic rings. The van der Waals surface area contributed by atoms with E-state index in [-0.39, 0.29) is 0 Å². The van der Waals surface area contributed by atoms with Gasteiger partial charge in [0.2, 0.25) is 0 Å². The van der Waals surface area contributed by atoms with Gasteiger partial charge in [-0.05, 0) is 58.2 Å². The van der Waals surface area contributed by atoms with Gasteiger partial charge in [-0.25, -0.2) is 9.51 Å². The molecular weight excluding hydrogens is 440 g/mol. The molecule has 3 aromatic rings. The van der Waals surface area contributed by atoms with Crippen LogP contribution in [0.2, 0.25) is 0 Å². The number of pyridine rings is 1. The molecule has 35 heavy (non-hydrogen) atoms. The summed E-state index contributed by atoms with van der Waals surface area (Å²) in [4.78, 5) is 12.8. The zero-order valence-electron chi connectivity index (χ0n) is 20.5. The molecule has 3 N–H and O–H groups in total. The molecule has 0 spiro atoms. The highest BCUT2D eigenvalue weighted by Crippen LogP contribution is 2.32. The van der Waals surface area contributed by atoms with E-state index in [1.807, 2.05) is 61.3 Å². The standard InChI is InChI=1S/C26H34N8O/c1-32(2)15-11-29-26-25(21-8-4-7-14-34(21)31-26)30-20-18-22(24-19(23(20)27)9-10-28-24)35-17-16-33-12-5-3-6-13-33/h4,7-10,14,18,27-28H,3,5-6,11-13,15-17H2,1-2H3,(H,29,31)/b27-23?,30-20+. The quantitative estimate of drug-likeness (QED) is 0.440. The Labute approximate surface area is 206 Å². The van der Waals surface area contributed by atoms with Gasteiger partial charge in [0.1, 0.15) is 18.1 Å². The first-order chi connectivity index (χ1) is 17.1. The fourth-order valence-electron chi connectivity index (χ4n) is 4.59. The summed E-state index contributed by atoms with van der Waals surface area (Å²) in [5.41, 5.74) is 4.21. The number of piperidine rings is 1. The summed E-state index contributed by atoms with van der Waals surface area (Å²) in [6.45, 7) is 5.43. The second-order valence-electron chi connectivity index (χ2n) is 9.36. The Hall–Kier alpha value is -3.43. The number of hydrogen-bond donors (Lipinski definition) is 3. The lowest BCUT2D eigenvalue weighted by atomic mass is 9.98. The van der Waals surface area contributed by atoms with Gasteiger partial charge >= 0.3 is 0 Å². The van der Waals surface area contributed by atoms with Crippen LogP contribution in [0.1, 0.15) is 30.5 Å². The lowest BCUT2D eigenvalue weighted by Crippen LogP contribution is -2.32. The largest absolute Gasteiger partial charge is 0.490 e. The van der Waals surface area contributed by atoms with E-state index in [1.54, 1.807) is 0 Å². The number of likely N-dealkylation sites (tertiary alicyclic amines) is 1. The molecule has 184 valence electrons. The minimum Gasteiger partial charge on any atom is -0.490 e. The van der Waals surface area contributed by atoms with Crippen molar-refractivity contribution in [1.82, 2.24) is 24.4 Å². The van der Waals surface area contributed by atoms with Gasteiger partial charge in [-0.3, -0.25) is 10.3 Å². The van der Waals surface area contributed by atoms with Crippen LogP contribution in [-0.4, -0.2) is 89.2 Å². The summed E-state index contributed by atoms with van der Waals surface area (Å²) in [6.07, 6.45) is 9.51. The first kappa shape index (κ1) is 23.3. The zero-order chi connectivity index (χ0) is 24.2. The average Bonchev–Trinajstić information content (AvgIpc) is 3.48. The van der Waals surface area contributed by atoms with Crippen LogP contribution in [0.3, 0.4) is 0 Å². The smallest absolute Gasteiger partial charge is 0.175 e. The first-order valence-electron chi connectivity index (χ1n) is 12.4. The van der Waals surface area contributed by atoms with Crippen molar-refractivity contribution in [3.05, 3.63) is 54.0 Å². The Balaban J connectivity index is 1.43. The molecule has 9 heteroatoms. The highest BCUT2D eigenvalue weighted by Gasteiger charge is 2.25. The molecule has 1 aliphatic carbocycles. The normalized spacial score (nSPS) is 17.7. The first-order valence-corrected chi connectivity index (χ1v) is 12.4. The van der Waals surface area contributed by atoms with Crippen molar-refractivity contribution in [3.8, 4) is 0 Å². The van der Waals surface area contributed by atoms with Gasteiger partial charge in [-0.15, -0.1) is 5.10 Å². The molecule has 0 unspecified atom stereocenters. The number of hydrogen-bond acceptors (Lipinski definition) is 7. The highest BCUT2D eigenvalue weighted by atomic mass is 16.5. The van der Waals surface area contributed by atoms with Crippen molar-refractivity contribution in [2.24, 2.45) is 4.99 Å². The maximum atomic E-state index is 8.83. The van der Waals surface area contributed by atoms with E-state index >= 15 is 0 Å². The van der Waals surface area contributed by atoms with Gasteiger partial charge in [0.15, 0.2) is 5.82 Å². The van der Waals surface area contributed by atoms with Crippen LogP contribution >= 0.6 is 0 Å². The number of nitrogens with one attached hydrogen (secondary N) is 3. The van der Waals surface area contributed by atoms with Crippen LogP contribution in [-0.2, 0) is 4.74 Å². The number of aliphatic imine (C=N–C) groups is 1. The number of allylic oxidation sites excluding steroid dienone is 1. The molecule has 9 nitrogen and oxygen atoms in total. The van der Waals surface area contributed by atoms with Crippen LogP contribution < -0.4 is 5.32 Å². The molecule has 1 saturated heterocycles. The Kier molecular flexibility index (Phi) is 6.96. The molecule has 4 heterocycles. The van der Waals surface area contributed by atoms with Gasteiger partial charge < -0.3 is 19.9 Å². The van der Waals surface area contributed by atoms with E-state index in [2.05, 4.69) is 20.1 Å². The predicted molar refractivity (Wildman–Crippen MR) is 141 cm³/mol. The SMILES string of the molecule is CN(C)CCNc1nn2ccccc2c1/N=C1\C=C(OCCN2CCCCC2)c2[nH]ccc2C1=N. The summed E-state index contributed by atoms with van der Waals surface area (Å²) < 4.78 is 8.07. The topological polar surface area (TPSA) is 97.0 Å². The molecule has 0 atom stereocenters. The van der Waals surface area contributed by atoms with Crippen LogP contribution in [0.4, 0.5) is 11.5 Å². The zero-order valence-corrected chi connectivity index (χ0v) is 20.5. The molecular formula is C26H34N8O. The highest BCUT2D eigenvalue weighted by molar-refractivity contribution is 6.54. The molecule has 0 amide bonds. The molecule has 0 radical (unpaired) electrons.